The summed E-state index contributed by atoms with van der Waals surface area (Å²) in [6.07, 6.45) is 0.860. The molecule has 0 aromatic heterocycles. The zero-order valence-electron chi connectivity index (χ0n) is 9.56. The monoisotopic (exact) mass is 222 g/mol. The van der Waals surface area contributed by atoms with E-state index < -0.39 is 12.1 Å². The van der Waals surface area contributed by atoms with Gasteiger partial charge in [-0.3, -0.25) is 0 Å². The second-order valence-corrected chi connectivity index (χ2v) is 3.71. The maximum atomic E-state index is 11.3. The average Bonchev–Trinajstić information content (AvgIpc) is 2.34. The molecule has 0 saturated carbocycles. The first kappa shape index (κ1) is 12.7. The minimum absolute atomic E-state index is 0.376. The highest BCUT2D eigenvalue weighted by Gasteiger charge is 2.15. The van der Waals surface area contributed by atoms with E-state index in [2.05, 4.69) is 0 Å². The second-order valence-electron chi connectivity index (χ2n) is 3.71. The van der Waals surface area contributed by atoms with Gasteiger partial charge in [-0.2, -0.15) is 0 Å². The van der Waals surface area contributed by atoms with E-state index in [1.165, 1.54) is 0 Å². The molecule has 0 aliphatic carbocycles. The lowest BCUT2D eigenvalue weighted by Gasteiger charge is -2.09. The molecule has 0 aliphatic heterocycles. The summed E-state index contributed by atoms with van der Waals surface area (Å²) in [6.45, 7) is 2.30. The normalized spacial score (nSPS) is 12.1. The van der Waals surface area contributed by atoms with Crippen LogP contribution in [0.15, 0.2) is 30.3 Å². The Balaban J connectivity index is 2.29. The number of ether oxygens (including phenoxy) is 1. The molecule has 0 unspecified atom stereocenters. The van der Waals surface area contributed by atoms with Crippen molar-refractivity contribution < 1.29 is 14.6 Å². The van der Waals surface area contributed by atoms with Gasteiger partial charge in [-0.1, -0.05) is 37.3 Å². The molecular weight excluding hydrogens is 204 g/mol. The summed E-state index contributed by atoms with van der Waals surface area (Å²) in [7, 11) is 0. The first-order chi connectivity index (χ1) is 7.74. The number of esters is 1. The molecule has 88 valence electrons. The lowest BCUT2D eigenvalue weighted by Crippen LogP contribution is -2.23. The van der Waals surface area contributed by atoms with Gasteiger partial charge in [0.15, 0.2) is 6.10 Å². The molecule has 3 heteroatoms. The molecule has 1 aromatic rings. The third kappa shape index (κ3) is 4.45. The van der Waals surface area contributed by atoms with Crippen molar-refractivity contribution in [3.05, 3.63) is 35.9 Å². The summed E-state index contributed by atoms with van der Waals surface area (Å²) in [4.78, 5) is 11.3. The van der Waals surface area contributed by atoms with Crippen molar-refractivity contribution in [2.75, 3.05) is 6.61 Å². The summed E-state index contributed by atoms with van der Waals surface area (Å²) in [5.41, 5.74) is 1.12. The van der Waals surface area contributed by atoms with Gasteiger partial charge in [-0.05, 0) is 24.8 Å². The zero-order chi connectivity index (χ0) is 11.8. The van der Waals surface area contributed by atoms with Crippen molar-refractivity contribution >= 4 is 5.97 Å². The molecule has 0 amide bonds. The summed E-state index contributed by atoms with van der Waals surface area (Å²) < 4.78 is 4.85. The van der Waals surface area contributed by atoms with Crippen LogP contribution in [-0.2, 0) is 16.0 Å². The Hall–Kier alpha value is -1.35. The number of carbonyl (C=O) groups excluding carboxylic acids is 1. The predicted molar refractivity (Wildman–Crippen MR) is 62.0 cm³/mol. The van der Waals surface area contributed by atoms with E-state index >= 15 is 0 Å². The number of aliphatic hydroxyl groups is 1. The molecule has 1 N–H and O–H groups in total. The van der Waals surface area contributed by atoms with Crippen molar-refractivity contribution in [1.82, 2.24) is 0 Å². The van der Waals surface area contributed by atoms with E-state index in [1.807, 2.05) is 37.3 Å². The molecule has 1 rings (SSSR count). The number of carbonyl (C=O) groups is 1. The van der Waals surface area contributed by atoms with Crippen LogP contribution in [0.5, 0.6) is 0 Å². The molecule has 1 atom stereocenters. The lowest BCUT2D eigenvalue weighted by molar-refractivity contribution is -0.153. The van der Waals surface area contributed by atoms with Crippen molar-refractivity contribution in [3.8, 4) is 0 Å². The quantitative estimate of drug-likeness (QED) is 0.748. The molecule has 1 aromatic carbocycles. The first-order valence-corrected chi connectivity index (χ1v) is 5.62. The molecule has 3 nitrogen and oxygen atoms in total. The van der Waals surface area contributed by atoms with Gasteiger partial charge in [0.25, 0.3) is 0 Å². The number of hydrogen-bond acceptors (Lipinski definition) is 3. The van der Waals surface area contributed by atoms with Crippen LogP contribution in [0.4, 0.5) is 0 Å². The summed E-state index contributed by atoms with van der Waals surface area (Å²) in [5.74, 6) is -0.516. The van der Waals surface area contributed by atoms with Gasteiger partial charge >= 0.3 is 5.97 Å². The minimum atomic E-state index is -1.01. The maximum absolute atomic E-state index is 11.3. The molecule has 0 bridgehead atoms. The Morgan fingerprint density at radius 2 is 2.06 bits per heavy atom. The van der Waals surface area contributed by atoms with Crippen LogP contribution in [0.1, 0.15) is 25.3 Å². The highest BCUT2D eigenvalue weighted by Crippen LogP contribution is 2.06. The van der Waals surface area contributed by atoms with Crippen LogP contribution in [0.25, 0.3) is 0 Å². The third-order valence-electron chi connectivity index (χ3n) is 2.27. The van der Waals surface area contributed by atoms with Crippen LogP contribution in [0, 0.1) is 0 Å². The fraction of sp³-hybridized carbons (Fsp3) is 0.462. The molecule has 0 heterocycles. The fourth-order valence-corrected chi connectivity index (χ4v) is 1.36. The number of aryl methyl sites for hydroxylation is 1. The number of hydrogen-bond donors (Lipinski definition) is 1. The van der Waals surface area contributed by atoms with E-state index in [1.54, 1.807) is 0 Å². The Morgan fingerprint density at radius 1 is 1.38 bits per heavy atom. The zero-order valence-corrected chi connectivity index (χ0v) is 9.56. The third-order valence-corrected chi connectivity index (χ3v) is 2.27. The van der Waals surface area contributed by atoms with Crippen LogP contribution in [-0.4, -0.2) is 23.8 Å². The Kier molecular flexibility index (Phi) is 5.57. The van der Waals surface area contributed by atoms with E-state index in [0.717, 1.165) is 12.0 Å². The number of benzene rings is 1. The highest BCUT2D eigenvalue weighted by molar-refractivity contribution is 5.74. The average molecular weight is 222 g/mol. The first-order valence-electron chi connectivity index (χ1n) is 5.62. The SMILES string of the molecule is CCCOC(=O)[C@H](O)CCc1ccccc1. The number of aliphatic hydroxyl groups excluding tert-OH is 1. The molecule has 0 radical (unpaired) electrons. The Morgan fingerprint density at radius 3 is 2.69 bits per heavy atom. The van der Waals surface area contributed by atoms with Gasteiger partial charge in [0.1, 0.15) is 0 Å². The smallest absolute Gasteiger partial charge is 0.334 e. The van der Waals surface area contributed by atoms with Gasteiger partial charge in [-0.15, -0.1) is 0 Å². The molecular formula is C13H18O3. The summed E-state index contributed by atoms with van der Waals surface area (Å²) in [6, 6.07) is 9.78. The standard InChI is InChI=1S/C13H18O3/c1-2-10-16-13(15)12(14)9-8-11-6-4-3-5-7-11/h3-7,12,14H,2,8-10H2,1H3/t12-/m1/s1. The summed E-state index contributed by atoms with van der Waals surface area (Å²) >= 11 is 0. The van der Waals surface area contributed by atoms with Crippen LogP contribution >= 0.6 is 0 Å². The van der Waals surface area contributed by atoms with E-state index in [-0.39, 0.29) is 0 Å². The minimum Gasteiger partial charge on any atom is -0.464 e. The lowest BCUT2D eigenvalue weighted by atomic mass is 10.1. The second kappa shape index (κ2) is 7.01. The van der Waals surface area contributed by atoms with Gasteiger partial charge in [0, 0.05) is 0 Å². The van der Waals surface area contributed by atoms with E-state index in [0.29, 0.717) is 19.4 Å². The molecule has 0 fully saturated rings. The van der Waals surface area contributed by atoms with Gasteiger partial charge < -0.3 is 9.84 Å². The number of rotatable bonds is 6. The van der Waals surface area contributed by atoms with E-state index in [9.17, 15) is 9.90 Å². The molecule has 0 spiro atoms. The van der Waals surface area contributed by atoms with Crippen LogP contribution < -0.4 is 0 Å². The Labute approximate surface area is 96.1 Å². The molecule has 0 aliphatic rings. The van der Waals surface area contributed by atoms with Crippen molar-refractivity contribution in [1.29, 1.82) is 0 Å². The maximum Gasteiger partial charge on any atom is 0.334 e. The summed E-state index contributed by atoms with van der Waals surface area (Å²) in [5, 5.41) is 9.53. The van der Waals surface area contributed by atoms with Crippen LogP contribution in [0.3, 0.4) is 0 Å². The van der Waals surface area contributed by atoms with Gasteiger partial charge in [0.05, 0.1) is 6.61 Å². The fourth-order valence-electron chi connectivity index (χ4n) is 1.36. The van der Waals surface area contributed by atoms with E-state index in [4.69, 9.17) is 4.74 Å². The largest absolute Gasteiger partial charge is 0.464 e. The molecule has 0 saturated heterocycles. The van der Waals surface area contributed by atoms with Crippen molar-refractivity contribution in [2.24, 2.45) is 0 Å². The topological polar surface area (TPSA) is 46.5 Å². The Bertz CT molecular complexity index is 308. The van der Waals surface area contributed by atoms with Crippen LogP contribution in [0.2, 0.25) is 0 Å². The predicted octanol–water partition coefficient (Wildman–Crippen LogP) is 1.93. The van der Waals surface area contributed by atoms with Gasteiger partial charge in [0.2, 0.25) is 0 Å². The van der Waals surface area contributed by atoms with Crippen molar-refractivity contribution in [3.63, 3.8) is 0 Å². The van der Waals surface area contributed by atoms with Crippen molar-refractivity contribution in [2.45, 2.75) is 32.3 Å². The van der Waals surface area contributed by atoms with Gasteiger partial charge in [-0.25, -0.2) is 4.79 Å². The highest BCUT2D eigenvalue weighted by atomic mass is 16.5. The molecule has 16 heavy (non-hydrogen) atoms.